The predicted molar refractivity (Wildman–Crippen MR) is 83.5 cm³/mol. The lowest BCUT2D eigenvalue weighted by Gasteiger charge is -2.37. The van der Waals surface area contributed by atoms with Gasteiger partial charge in [0.25, 0.3) is 0 Å². The maximum Gasteiger partial charge on any atom is 0.220 e. The van der Waals surface area contributed by atoms with Crippen LogP contribution in [0.4, 0.5) is 0 Å². The van der Waals surface area contributed by atoms with E-state index < -0.39 is 0 Å². The summed E-state index contributed by atoms with van der Waals surface area (Å²) in [5, 5.41) is 6.81. The van der Waals surface area contributed by atoms with Crippen molar-refractivity contribution >= 4 is 5.91 Å². The van der Waals surface area contributed by atoms with Gasteiger partial charge in [-0.15, -0.1) is 0 Å². The molecule has 0 aromatic heterocycles. The summed E-state index contributed by atoms with van der Waals surface area (Å²) in [5.74, 6) is 2.36. The molecule has 1 saturated heterocycles. The Labute approximate surface area is 124 Å². The van der Waals surface area contributed by atoms with Crippen LogP contribution in [-0.2, 0) is 4.79 Å². The highest BCUT2D eigenvalue weighted by molar-refractivity contribution is 5.76. The minimum Gasteiger partial charge on any atom is -0.353 e. The predicted octanol–water partition coefficient (Wildman–Crippen LogP) is 3.10. The van der Waals surface area contributed by atoms with Crippen molar-refractivity contribution in [1.29, 1.82) is 0 Å². The van der Waals surface area contributed by atoms with Gasteiger partial charge in [-0.1, -0.05) is 27.2 Å². The molecule has 1 aliphatic heterocycles. The van der Waals surface area contributed by atoms with E-state index in [1.165, 1.54) is 25.7 Å². The van der Waals surface area contributed by atoms with Gasteiger partial charge in [0.2, 0.25) is 5.91 Å². The fraction of sp³-hybridized carbons (Fsp3) is 0.941. The van der Waals surface area contributed by atoms with Gasteiger partial charge in [0.05, 0.1) is 0 Å². The van der Waals surface area contributed by atoms with Gasteiger partial charge in [-0.3, -0.25) is 4.79 Å². The molecule has 1 heterocycles. The molecule has 3 heteroatoms. The van der Waals surface area contributed by atoms with E-state index in [-0.39, 0.29) is 5.91 Å². The fourth-order valence-corrected chi connectivity index (χ4v) is 3.96. The van der Waals surface area contributed by atoms with Crippen LogP contribution >= 0.6 is 0 Å². The van der Waals surface area contributed by atoms with Gasteiger partial charge < -0.3 is 10.6 Å². The molecule has 116 valence electrons. The van der Waals surface area contributed by atoms with Gasteiger partial charge >= 0.3 is 0 Å². The molecule has 1 aliphatic carbocycles. The van der Waals surface area contributed by atoms with Crippen molar-refractivity contribution in [3.05, 3.63) is 0 Å². The van der Waals surface area contributed by atoms with E-state index in [1.807, 2.05) is 0 Å². The molecule has 4 unspecified atom stereocenters. The molecule has 2 N–H and O–H groups in total. The van der Waals surface area contributed by atoms with Crippen LogP contribution < -0.4 is 10.6 Å². The van der Waals surface area contributed by atoms with Crippen molar-refractivity contribution in [1.82, 2.24) is 10.6 Å². The van der Waals surface area contributed by atoms with E-state index in [0.29, 0.717) is 30.3 Å². The second kappa shape index (κ2) is 7.44. The Balaban J connectivity index is 1.77. The summed E-state index contributed by atoms with van der Waals surface area (Å²) in [4.78, 5) is 12.2. The Bertz CT molecular complexity index is 310. The average Bonchev–Trinajstić information content (AvgIpc) is 2.89. The van der Waals surface area contributed by atoms with Gasteiger partial charge in [-0.2, -0.15) is 0 Å². The summed E-state index contributed by atoms with van der Waals surface area (Å²) in [6, 6.07) is 0.981. The molecule has 2 fully saturated rings. The lowest BCUT2D eigenvalue weighted by molar-refractivity contribution is -0.122. The van der Waals surface area contributed by atoms with E-state index in [1.54, 1.807) is 0 Å². The lowest BCUT2D eigenvalue weighted by Crippen LogP contribution is -2.45. The van der Waals surface area contributed by atoms with Gasteiger partial charge in [-0.05, 0) is 56.4 Å². The minimum atomic E-state index is 0.267. The molecule has 2 rings (SSSR count). The number of carbonyl (C=O) groups excluding carboxylic acids is 1. The van der Waals surface area contributed by atoms with Crippen molar-refractivity contribution in [3.8, 4) is 0 Å². The summed E-state index contributed by atoms with van der Waals surface area (Å²) < 4.78 is 0. The van der Waals surface area contributed by atoms with Crippen molar-refractivity contribution in [3.63, 3.8) is 0 Å². The Kier molecular flexibility index (Phi) is 5.88. The highest BCUT2D eigenvalue weighted by atomic mass is 16.1. The second-order valence-corrected chi connectivity index (χ2v) is 7.33. The molecule has 2 aliphatic rings. The lowest BCUT2D eigenvalue weighted by atomic mass is 9.74. The number of hydrogen-bond donors (Lipinski definition) is 2. The maximum atomic E-state index is 12.2. The Morgan fingerprint density at radius 3 is 2.75 bits per heavy atom. The third-order valence-corrected chi connectivity index (χ3v) is 5.25. The van der Waals surface area contributed by atoms with Gasteiger partial charge in [0, 0.05) is 18.5 Å². The van der Waals surface area contributed by atoms with Crippen LogP contribution in [0.15, 0.2) is 0 Å². The quantitative estimate of drug-likeness (QED) is 0.812. The van der Waals surface area contributed by atoms with Crippen LogP contribution in [0, 0.1) is 17.8 Å². The molecule has 1 saturated carbocycles. The molecule has 0 aromatic carbocycles. The van der Waals surface area contributed by atoms with Crippen LogP contribution in [0.2, 0.25) is 0 Å². The van der Waals surface area contributed by atoms with Crippen LogP contribution in [0.3, 0.4) is 0 Å². The van der Waals surface area contributed by atoms with Crippen LogP contribution in [0.25, 0.3) is 0 Å². The van der Waals surface area contributed by atoms with E-state index in [0.717, 1.165) is 25.3 Å². The van der Waals surface area contributed by atoms with E-state index in [2.05, 4.69) is 31.4 Å². The first-order chi connectivity index (χ1) is 9.56. The molecular weight excluding hydrogens is 248 g/mol. The number of hydrogen-bond acceptors (Lipinski definition) is 2. The standard InChI is InChI=1S/C17H32N2O/c1-12(2)15-8-6-13(3)11-16(15)19-17(20)9-7-14-5-4-10-18-14/h12-16,18H,4-11H2,1-3H3,(H,19,20). The Morgan fingerprint density at radius 2 is 2.10 bits per heavy atom. The normalized spacial score (nSPS) is 34.4. The molecular formula is C17H32N2O. The second-order valence-electron chi connectivity index (χ2n) is 7.33. The third-order valence-electron chi connectivity index (χ3n) is 5.25. The van der Waals surface area contributed by atoms with Crippen LogP contribution in [0.1, 0.15) is 65.7 Å². The molecule has 0 spiro atoms. The first-order valence-corrected chi connectivity index (χ1v) is 8.59. The highest BCUT2D eigenvalue weighted by Crippen LogP contribution is 2.33. The van der Waals surface area contributed by atoms with Crippen molar-refractivity contribution in [2.75, 3.05) is 6.54 Å². The zero-order chi connectivity index (χ0) is 14.5. The summed E-state index contributed by atoms with van der Waals surface area (Å²) >= 11 is 0. The number of rotatable bonds is 5. The Morgan fingerprint density at radius 1 is 1.30 bits per heavy atom. The van der Waals surface area contributed by atoms with Crippen molar-refractivity contribution in [2.24, 2.45) is 17.8 Å². The van der Waals surface area contributed by atoms with Crippen LogP contribution in [0.5, 0.6) is 0 Å². The van der Waals surface area contributed by atoms with Gasteiger partial charge in [0.15, 0.2) is 0 Å². The summed E-state index contributed by atoms with van der Waals surface area (Å²) in [5.41, 5.74) is 0. The smallest absolute Gasteiger partial charge is 0.220 e. The highest BCUT2D eigenvalue weighted by Gasteiger charge is 2.31. The molecule has 0 radical (unpaired) electrons. The zero-order valence-electron chi connectivity index (χ0n) is 13.5. The summed E-state index contributed by atoms with van der Waals surface area (Å²) in [6.45, 7) is 8.03. The molecule has 1 amide bonds. The molecule has 0 aromatic rings. The van der Waals surface area contributed by atoms with Crippen molar-refractivity contribution in [2.45, 2.75) is 77.8 Å². The first-order valence-electron chi connectivity index (χ1n) is 8.59. The fourth-order valence-electron chi connectivity index (χ4n) is 3.96. The number of nitrogens with one attached hydrogen (secondary N) is 2. The molecule has 0 bridgehead atoms. The molecule has 4 atom stereocenters. The van der Waals surface area contributed by atoms with Crippen LogP contribution in [-0.4, -0.2) is 24.5 Å². The topological polar surface area (TPSA) is 41.1 Å². The minimum absolute atomic E-state index is 0.267. The van der Waals surface area contributed by atoms with E-state index in [9.17, 15) is 4.79 Å². The SMILES string of the molecule is CC1CCC(C(C)C)C(NC(=O)CCC2CCCN2)C1. The first kappa shape index (κ1) is 15.8. The third kappa shape index (κ3) is 4.47. The summed E-state index contributed by atoms with van der Waals surface area (Å²) in [7, 11) is 0. The van der Waals surface area contributed by atoms with E-state index in [4.69, 9.17) is 0 Å². The number of carbonyl (C=O) groups is 1. The summed E-state index contributed by atoms with van der Waals surface area (Å²) in [6.07, 6.45) is 7.95. The maximum absolute atomic E-state index is 12.2. The van der Waals surface area contributed by atoms with Crippen molar-refractivity contribution < 1.29 is 4.79 Å². The molecule has 3 nitrogen and oxygen atoms in total. The van der Waals surface area contributed by atoms with E-state index >= 15 is 0 Å². The Hall–Kier alpha value is -0.570. The number of amides is 1. The largest absolute Gasteiger partial charge is 0.353 e. The monoisotopic (exact) mass is 280 g/mol. The zero-order valence-corrected chi connectivity index (χ0v) is 13.5. The van der Waals surface area contributed by atoms with Gasteiger partial charge in [-0.25, -0.2) is 0 Å². The molecule has 20 heavy (non-hydrogen) atoms. The van der Waals surface area contributed by atoms with Gasteiger partial charge in [0.1, 0.15) is 0 Å². The average molecular weight is 280 g/mol.